The van der Waals surface area contributed by atoms with Gasteiger partial charge in [-0.05, 0) is 36.6 Å². The van der Waals surface area contributed by atoms with Gasteiger partial charge in [0.2, 0.25) is 0 Å². The second-order valence-electron chi connectivity index (χ2n) is 4.86. The van der Waals surface area contributed by atoms with Crippen LogP contribution in [0.15, 0.2) is 65.5 Å². The first-order valence-corrected chi connectivity index (χ1v) is 7.35. The van der Waals surface area contributed by atoms with Crippen LogP contribution in [0.1, 0.15) is 16.8 Å². The van der Waals surface area contributed by atoms with E-state index in [9.17, 15) is 0 Å². The van der Waals surface area contributed by atoms with Gasteiger partial charge in [-0.2, -0.15) is 0 Å². The first-order valence-electron chi connectivity index (χ1n) is 6.56. The molecule has 0 radical (unpaired) electrons. The average Bonchev–Trinajstić information content (AvgIpc) is 2.88. The summed E-state index contributed by atoms with van der Waals surface area (Å²) in [7, 11) is 0. The fourth-order valence-corrected chi connectivity index (χ4v) is 2.64. The molecule has 0 aliphatic carbocycles. The molecule has 0 fully saturated rings. The maximum Gasteiger partial charge on any atom is 0.0995 e. The van der Waals surface area contributed by atoms with E-state index in [0.29, 0.717) is 0 Å². The van der Waals surface area contributed by atoms with E-state index < -0.39 is 0 Å². The minimum Gasteiger partial charge on any atom is -0.306 e. The Morgan fingerprint density at radius 3 is 2.60 bits per heavy atom. The highest BCUT2D eigenvalue weighted by Gasteiger charge is 2.07. The molecule has 0 spiro atoms. The number of hydrogen-bond donors (Lipinski definition) is 0. The van der Waals surface area contributed by atoms with Crippen molar-refractivity contribution in [2.75, 3.05) is 0 Å². The minimum atomic E-state index is 0.917. The number of aromatic nitrogens is 2. The van der Waals surface area contributed by atoms with Crippen LogP contribution in [-0.4, -0.2) is 9.55 Å². The van der Waals surface area contributed by atoms with Crippen LogP contribution in [0.3, 0.4) is 0 Å². The third-order valence-electron chi connectivity index (χ3n) is 3.27. The zero-order chi connectivity index (χ0) is 13.9. The van der Waals surface area contributed by atoms with Crippen LogP contribution >= 0.6 is 15.9 Å². The normalized spacial score (nSPS) is 10.7. The number of nitrogens with zero attached hydrogens (tertiary/aromatic N) is 2. The van der Waals surface area contributed by atoms with Gasteiger partial charge in [-0.3, -0.25) is 0 Å². The summed E-state index contributed by atoms with van der Waals surface area (Å²) in [5.41, 5.74) is 4.80. The zero-order valence-electron chi connectivity index (χ0n) is 11.3. The predicted molar refractivity (Wildman–Crippen MR) is 85.2 cm³/mol. The van der Waals surface area contributed by atoms with Gasteiger partial charge in [-0.25, -0.2) is 4.98 Å². The maximum absolute atomic E-state index is 4.32. The summed E-state index contributed by atoms with van der Waals surface area (Å²) in [5.74, 6) is 0. The SMILES string of the molecule is Cc1cn(-c2cc(Br)ccc2Cc2ccccc2)cn1. The molecule has 1 aromatic heterocycles. The van der Waals surface area contributed by atoms with Crippen LogP contribution in [0.25, 0.3) is 5.69 Å². The molecule has 20 heavy (non-hydrogen) atoms. The van der Waals surface area contributed by atoms with E-state index in [1.807, 2.05) is 19.3 Å². The highest BCUT2D eigenvalue weighted by molar-refractivity contribution is 9.10. The topological polar surface area (TPSA) is 17.8 Å². The Morgan fingerprint density at radius 2 is 1.90 bits per heavy atom. The molecule has 0 saturated carbocycles. The Balaban J connectivity index is 2.02. The van der Waals surface area contributed by atoms with Crippen molar-refractivity contribution in [3.8, 4) is 5.69 Å². The first-order chi connectivity index (χ1) is 9.72. The molecule has 1 heterocycles. The molecule has 0 aliphatic rings. The highest BCUT2D eigenvalue weighted by atomic mass is 79.9. The first kappa shape index (κ1) is 13.1. The van der Waals surface area contributed by atoms with Crippen molar-refractivity contribution >= 4 is 15.9 Å². The van der Waals surface area contributed by atoms with Crippen LogP contribution in [0.2, 0.25) is 0 Å². The smallest absolute Gasteiger partial charge is 0.0995 e. The van der Waals surface area contributed by atoms with Gasteiger partial charge in [0.25, 0.3) is 0 Å². The largest absolute Gasteiger partial charge is 0.306 e. The summed E-state index contributed by atoms with van der Waals surface area (Å²) in [4.78, 5) is 4.32. The van der Waals surface area contributed by atoms with Crippen LogP contribution in [0, 0.1) is 6.92 Å². The van der Waals surface area contributed by atoms with E-state index in [-0.39, 0.29) is 0 Å². The molecule has 0 saturated heterocycles. The van der Waals surface area contributed by atoms with Crippen molar-refractivity contribution in [2.24, 2.45) is 0 Å². The van der Waals surface area contributed by atoms with Crippen LogP contribution in [0.5, 0.6) is 0 Å². The Bertz CT molecular complexity index is 717. The standard InChI is InChI=1S/C17H15BrN2/c1-13-11-20(12-19-13)17-10-16(18)8-7-15(17)9-14-5-3-2-4-6-14/h2-8,10-12H,9H2,1H3. The fraction of sp³-hybridized carbons (Fsp3) is 0.118. The molecule has 0 unspecified atom stereocenters. The summed E-state index contributed by atoms with van der Waals surface area (Å²) in [6.45, 7) is 2.01. The van der Waals surface area contributed by atoms with Gasteiger partial charge in [0.15, 0.2) is 0 Å². The molecule has 3 rings (SSSR count). The van der Waals surface area contributed by atoms with Gasteiger partial charge >= 0.3 is 0 Å². The van der Waals surface area contributed by atoms with Gasteiger partial charge in [0.1, 0.15) is 0 Å². The number of imidazole rings is 1. The average molecular weight is 327 g/mol. The number of rotatable bonds is 3. The lowest BCUT2D eigenvalue weighted by Gasteiger charge is -2.11. The third-order valence-corrected chi connectivity index (χ3v) is 3.77. The van der Waals surface area contributed by atoms with Gasteiger partial charge in [-0.1, -0.05) is 52.3 Å². The number of aryl methyl sites for hydroxylation is 1. The monoisotopic (exact) mass is 326 g/mol. The molecule has 0 amide bonds. The summed E-state index contributed by atoms with van der Waals surface area (Å²) < 4.78 is 3.16. The molecule has 0 aliphatic heterocycles. The van der Waals surface area contributed by atoms with Crippen molar-refractivity contribution in [3.05, 3.63) is 82.3 Å². The van der Waals surface area contributed by atoms with Gasteiger partial charge in [0, 0.05) is 10.7 Å². The Kier molecular flexibility index (Phi) is 3.70. The zero-order valence-corrected chi connectivity index (χ0v) is 12.8. The lowest BCUT2D eigenvalue weighted by atomic mass is 10.0. The van der Waals surface area contributed by atoms with Crippen LogP contribution in [0.4, 0.5) is 0 Å². The van der Waals surface area contributed by atoms with Gasteiger partial charge < -0.3 is 4.57 Å². The Morgan fingerprint density at radius 1 is 1.10 bits per heavy atom. The summed E-state index contributed by atoms with van der Waals surface area (Å²) in [6, 6.07) is 16.9. The highest BCUT2D eigenvalue weighted by Crippen LogP contribution is 2.23. The second-order valence-corrected chi connectivity index (χ2v) is 5.77. The lowest BCUT2D eigenvalue weighted by molar-refractivity contribution is 1.01. The third kappa shape index (κ3) is 2.83. The van der Waals surface area contributed by atoms with E-state index in [4.69, 9.17) is 0 Å². The van der Waals surface area contributed by atoms with Crippen molar-refractivity contribution in [3.63, 3.8) is 0 Å². The van der Waals surface area contributed by atoms with Gasteiger partial charge in [-0.15, -0.1) is 0 Å². The number of halogens is 1. The van der Waals surface area contributed by atoms with E-state index >= 15 is 0 Å². The van der Waals surface area contributed by atoms with Crippen molar-refractivity contribution in [2.45, 2.75) is 13.3 Å². The quantitative estimate of drug-likeness (QED) is 0.691. The lowest BCUT2D eigenvalue weighted by Crippen LogP contribution is -1.98. The molecular formula is C17H15BrN2. The predicted octanol–water partition coefficient (Wildman–Crippen LogP) is 4.53. The van der Waals surface area contributed by atoms with Crippen LogP contribution in [-0.2, 0) is 6.42 Å². The van der Waals surface area contributed by atoms with Crippen LogP contribution < -0.4 is 0 Å². The fourth-order valence-electron chi connectivity index (χ4n) is 2.30. The molecule has 0 atom stereocenters. The molecule has 0 bridgehead atoms. The minimum absolute atomic E-state index is 0.917. The Labute approximate surface area is 127 Å². The number of benzene rings is 2. The molecule has 3 heteroatoms. The molecule has 2 nitrogen and oxygen atoms in total. The molecule has 2 aromatic carbocycles. The maximum atomic E-state index is 4.32. The molecule has 3 aromatic rings. The summed E-state index contributed by atoms with van der Waals surface area (Å²) in [5, 5.41) is 0. The van der Waals surface area contributed by atoms with E-state index in [2.05, 4.69) is 74.1 Å². The van der Waals surface area contributed by atoms with E-state index in [0.717, 1.165) is 16.6 Å². The van der Waals surface area contributed by atoms with E-state index in [1.54, 1.807) is 0 Å². The van der Waals surface area contributed by atoms with Crippen molar-refractivity contribution in [1.29, 1.82) is 0 Å². The van der Waals surface area contributed by atoms with Gasteiger partial charge in [0.05, 0.1) is 17.7 Å². The van der Waals surface area contributed by atoms with Crippen molar-refractivity contribution in [1.82, 2.24) is 9.55 Å². The summed E-state index contributed by atoms with van der Waals surface area (Å²) in [6.07, 6.45) is 4.84. The van der Waals surface area contributed by atoms with Crippen molar-refractivity contribution < 1.29 is 0 Å². The second kappa shape index (κ2) is 5.63. The molecule has 0 N–H and O–H groups in total. The summed E-state index contributed by atoms with van der Waals surface area (Å²) >= 11 is 3.55. The molecular weight excluding hydrogens is 312 g/mol. The Hall–Kier alpha value is -1.87. The number of hydrogen-bond acceptors (Lipinski definition) is 1. The van der Waals surface area contributed by atoms with E-state index in [1.165, 1.54) is 16.8 Å². The molecule has 100 valence electrons.